The predicted molar refractivity (Wildman–Crippen MR) is 466 cm³/mol. The summed E-state index contributed by atoms with van der Waals surface area (Å²) in [5.74, 6) is 0. The highest BCUT2D eigenvalue weighted by atomic mass is 16.3. The molecule has 0 N–H and O–H groups in total. The Kier molecular flexibility index (Phi) is 16.1. The molecule has 3 nitrogen and oxygen atoms in total. The van der Waals surface area contributed by atoms with E-state index < -0.39 is 5.41 Å². The Morgan fingerprint density at radius 3 is 1.17 bits per heavy atom. The molecule has 0 spiro atoms. The fraction of sp³-hybridized carbons (Fsp3) is 0.200. The maximum Gasteiger partial charge on any atom is 0.252 e. The van der Waals surface area contributed by atoms with E-state index >= 15 is 0 Å². The Labute approximate surface area is 645 Å². The summed E-state index contributed by atoms with van der Waals surface area (Å²) in [5.41, 5.74) is 36.7. The van der Waals surface area contributed by atoms with Crippen LogP contribution in [0.25, 0.3) is 88.7 Å². The largest absolute Gasteiger partial charge is 0.453 e. The van der Waals surface area contributed by atoms with Gasteiger partial charge in [-0.15, -0.1) is 0 Å². The van der Waals surface area contributed by atoms with Gasteiger partial charge >= 0.3 is 0 Å². The van der Waals surface area contributed by atoms with E-state index in [1.165, 1.54) is 117 Å². The van der Waals surface area contributed by atoms with Crippen molar-refractivity contribution in [2.75, 3.05) is 9.80 Å². The number of para-hydroxylation sites is 2. The van der Waals surface area contributed by atoms with Gasteiger partial charge in [-0.25, -0.2) is 0 Å². The molecule has 18 rings (SSSR count). The molecule has 0 bridgehead atoms. The molecule has 3 heterocycles. The van der Waals surface area contributed by atoms with E-state index in [9.17, 15) is 0 Å². The van der Waals surface area contributed by atoms with Gasteiger partial charge in [-0.2, -0.15) is 0 Å². The van der Waals surface area contributed by atoms with Gasteiger partial charge < -0.3 is 14.2 Å². The van der Waals surface area contributed by atoms with Crippen LogP contribution in [0.5, 0.6) is 0 Å². The summed E-state index contributed by atoms with van der Waals surface area (Å²) < 4.78 is 7.86. The summed E-state index contributed by atoms with van der Waals surface area (Å²) >= 11 is 0. The molecule has 14 aromatic carbocycles. The zero-order chi connectivity index (χ0) is 75.4. The molecule has 1 aliphatic carbocycles. The first-order chi connectivity index (χ1) is 52.2. The van der Waals surface area contributed by atoms with Crippen LogP contribution in [0.1, 0.15) is 154 Å². The van der Waals surface area contributed by atoms with E-state index in [1.54, 1.807) is 0 Å². The Balaban J connectivity index is 0.917. The normalized spacial score (nSPS) is 13.8. The van der Waals surface area contributed by atoms with Crippen LogP contribution < -0.4 is 26.2 Å². The summed E-state index contributed by atoms with van der Waals surface area (Å²) in [5, 5.41) is 2.14. The van der Waals surface area contributed by atoms with Crippen LogP contribution >= 0.6 is 0 Å². The van der Waals surface area contributed by atoms with Crippen molar-refractivity contribution in [1.29, 1.82) is 0 Å². The van der Waals surface area contributed by atoms with E-state index in [1.807, 2.05) is 0 Å². The topological polar surface area (TPSA) is 19.6 Å². The van der Waals surface area contributed by atoms with Crippen LogP contribution in [0.15, 0.2) is 308 Å². The molecule has 0 unspecified atom stereocenters. The molecular weight excluding hydrogens is 1320 g/mol. The monoisotopic (exact) mass is 1410 g/mol. The summed E-state index contributed by atoms with van der Waals surface area (Å²) in [6, 6.07) is 116. The van der Waals surface area contributed by atoms with Crippen molar-refractivity contribution < 1.29 is 4.42 Å². The third kappa shape index (κ3) is 11.5. The van der Waals surface area contributed by atoms with Crippen LogP contribution in [0, 0.1) is 0 Å². The number of nitrogens with zero attached hydrogens (tertiary/aromatic N) is 2. The minimum absolute atomic E-state index is 0.0794. The van der Waals surface area contributed by atoms with Gasteiger partial charge in [-0.1, -0.05) is 359 Å². The molecule has 0 atom stereocenters. The lowest BCUT2D eigenvalue weighted by atomic mass is 9.33. The number of furan rings is 1. The fourth-order valence-electron chi connectivity index (χ4n) is 17.8. The van der Waals surface area contributed by atoms with Gasteiger partial charge in [0.05, 0.1) is 16.8 Å². The molecule has 0 fully saturated rings. The molecule has 2 aliphatic heterocycles. The Hall–Kier alpha value is -11.5. The highest BCUT2D eigenvalue weighted by molar-refractivity contribution is 7.00. The summed E-state index contributed by atoms with van der Waals surface area (Å²) in [4.78, 5) is 5.28. The molecule has 109 heavy (non-hydrogen) atoms. The fourth-order valence-corrected chi connectivity index (χ4v) is 17.8. The number of rotatable bonds is 9. The number of hydrogen-bond donors (Lipinski definition) is 0. The second-order valence-corrected chi connectivity index (χ2v) is 36.1. The molecule has 0 amide bonds. The molecule has 4 heteroatoms. The maximum absolute atomic E-state index is 7.86. The predicted octanol–water partition coefficient (Wildman–Crippen LogP) is 26.9. The van der Waals surface area contributed by atoms with Gasteiger partial charge in [-0.3, -0.25) is 0 Å². The molecule has 0 saturated carbocycles. The van der Waals surface area contributed by atoms with Crippen molar-refractivity contribution in [2.24, 2.45) is 0 Å². The zero-order valence-corrected chi connectivity index (χ0v) is 65.7. The molecule has 0 saturated heterocycles. The van der Waals surface area contributed by atoms with Crippen molar-refractivity contribution in [3.63, 3.8) is 0 Å². The van der Waals surface area contributed by atoms with Gasteiger partial charge in [-0.05, 0) is 198 Å². The van der Waals surface area contributed by atoms with Gasteiger partial charge in [0.25, 0.3) is 6.71 Å². The van der Waals surface area contributed by atoms with Crippen molar-refractivity contribution in [2.45, 2.75) is 136 Å². The van der Waals surface area contributed by atoms with Crippen LogP contribution in [0.3, 0.4) is 0 Å². The first-order valence-corrected chi connectivity index (χ1v) is 39.1. The lowest BCUT2D eigenvalue weighted by molar-refractivity contribution is 0.568. The molecule has 534 valence electrons. The Morgan fingerprint density at radius 1 is 0.248 bits per heavy atom. The van der Waals surface area contributed by atoms with E-state index in [-0.39, 0.29) is 33.8 Å². The van der Waals surface area contributed by atoms with E-state index in [0.717, 1.165) is 72.6 Å². The molecular formula is C105H95BN2O. The highest BCUT2D eigenvalue weighted by Gasteiger charge is 2.48. The zero-order valence-electron chi connectivity index (χ0n) is 65.7. The van der Waals surface area contributed by atoms with Crippen molar-refractivity contribution in [3.8, 4) is 66.8 Å². The second kappa shape index (κ2) is 25.3. The summed E-state index contributed by atoms with van der Waals surface area (Å²) in [6.45, 7) is 35.1. The van der Waals surface area contributed by atoms with Gasteiger partial charge in [0.15, 0.2) is 5.58 Å². The average molecular weight is 1410 g/mol. The Bertz CT molecular complexity index is 6020. The minimum atomic E-state index is -0.515. The van der Waals surface area contributed by atoms with E-state index in [2.05, 4.69) is 417 Å². The number of hydrogen-bond acceptors (Lipinski definition) is 3. The molecule has 1 aromatic heterocycles. The third-order valence-corrected chi connectivity index (χ3v) is 23.9. The molecule has 15 aromatic rings. The number of anilines is 6. The average Bonchev–Trinajstić information content (AvgIpc) is 1.59. The van der Waals surface area contributed by atoms with Crippen LogP contribution in [0.2, 0.25) is 0 Å². The minimum Gasteiger partial charge on any atom is -0.453 e. The van der Waals surface area contributed by atoms with Crippen molar-refractivity contribution in [3.05, 3.63) is 353 Å². The molecule has 3 aliphatic rings. The number of benzene rings is 14. The number of fused-ring (bicyclic) bond motifs is 10. The quantitative estimate of drug-likeness (QED) is 0.134. The smallest absolute Gasteiger partial charge is 0.252 e. The van der Waals surface area contributed by atoms with Gasteiger partial charge in [0.1, 0.15) is 5.58 Å². The Morgan fingerprint density at radius 2 is 0.651 bits per heavy atom. The SMILES string of the molecule is CC(C)(C)c1cc(-c2ccc3c(c2)N(c2ccc(-c4ccccc4)cc2-c2ccccc2)c2cc(C(C)(C)C)cc4c2B3c2ccc(-c3cc(C(C)(C)C)cc(C(C)(C)C)c3)cc2N4c2cccc3c2oc2c(-c4ccc5c(c4)-c4ccccc4C5(c4ccccc4)c4ccccc4)cccc23)cc(C(C)(C)C)c1. The van der Waals surface area contributed by atoms with Crippen LogP contribution in [-0.2, 0) is 32.5 Å². The maximum atomic E-state index is 7.86. The van der Waals surface area contributed by atoms with Gasteiger partial charge in [0, 0.05) is 44.6 Å². The lowest BCUT2D eigenvalue weighted by Crippen LogP contribution is -2.61. The van der Waals surface area contributed by atoms with E-state index in [4.69, 9.17) is 4.42 Å². The van der Waals surface area contributed by atoms with Crippen molar-refractivity contribution in [1.82, 2.24) is 0 Å². The lowest BCUT2D eigenvalue weighted by Gasteiger charge is -2.45. The standard InChI is InChI=1S/C105H95BN2O/c1-100(2,3)76-54-72(55-77(62-76)101(4,5)6)69-47-51-89-93(60-69)107(91-53-49-68(66-32-20-16-21-33-66)58-85(91)67-34-22-17-23-35-67)95-64-80(104(13,14)15)65-96-97(95)106(89)90-52-48-70(73-56-78(102(7,8)9)63-79(57-73)103(10,11)12)61-94(90)108(96)92-45-31-43-84-83-42-30-41-81(98(83)109-99(84)92)71-46-50-88-86(59-71)82-40-28-29-44-87(82)105(88,74-36-24-18-25-37-74)75-38-26-19-27-39-75/h16-65H,1-15H3. The third-order valence-electron chi connectivity index (χ3n) is 23.9. The first kappa shape index (κ1) is 69.3. The summed E-state index contributed by atoms with van der Waals surface area (Å²) in [6.07, 6.45) is 0. The van der Waals surface area contributed by atoms with Gasteiger partial charge in [0.2, 0.25) is 0 Å². The second-order valence-electron chi connectivity index (χ2n) is 36.1. The van der Waals surface area contributed by atoms with E-state index in [0.29, 0.717) is 0 Å². The first-order valence-electron chi connectivity index (χ1n) is 39.1. The molecule has 0 radical (unpaired) electrons. The highest BCUT2D eigenvalue weighted by Crippen LogP contribution is 2.58. The summed E-state index contributed by atoms with van der Waals surface area (Å²) in [7, 11) is 0. The van der Waals surface area contributed by atoms with Crippen molar-refractivity contribution >= 4 is 79.2 Å². The van der Waals surface area contributed by atoms with Crippen LogP contribution in [-0.4, -0.2) is 6.71 Å². The van der Waals surface area contributed by atoms with Crippen LogP contribution in [0.4, 0.5) is 34.1 Å².